The molecule has 0 saturated carbocycles. The number of hydrogen-bond acceptors (Lipinski definition) is 5. The molecule has 0 aliphatic rings. The van der Waals surface area contributed by atoms with Gasteiger partial charge in [0.25, 0.3) is 11.6 Å². The molecule has 2 aromatic rings. The van der Waals surface area contributed by atoms with Crippen LogP contribution in [-0.4, -0.2) is 34.7 Å². The first-order valence-corrected chi connectivity index (χ1v) is 8.12. The van der Waals surface area contributed by atoms with E-state index in [0.29, 0.717) is 12.8 Å². The summed E-state index contributed by atoms with van der Waals surface area (Å²) < 4.78 is 5.45. The van der Waals surface area contributed by atoms with Gasteiger partial charge in [0.1, 0.15) is 5.75 Å². The fourth-order valence-corrected chi connectivity index (χ4v) is 2.43. The maximum atomic E-state index is 12.5. The van der Waals surface area contributed by atoms with Crippen LogP contribution in [0.25, 0.3) is 0 Å². The molecule has 7 nitrogen and oxygen atoms in total. The normalized spacial score (nSPS) is 10.4. The molecule has 7 heteroatoms. The first kappa shape index (κ1) is 19.1. The van der Waals surface area contributed by atoms with Crippen molar-refractivity contribution in [2.45, 2.75) is 26.4 Å². The van der Waals surface area contributed by atoms with Gasteiger partial charge in [-0.2, -0.15) is 0 Å². The molecule has 0 unspecified atom stereocenters. The Labute approximate surface area is 151 Å². The second-order valence-corrected chi connectivity index (χ2v) is 5.99. The van der Waals surface area contributed by atoms with Crippen LogP contribution in [0, 0.1) is 10.1 Å². The summed E-state index contributed by atoms with van der Waals surface area (Å²) in [4.78, 5) is 35.5. The minimum Gasteiger partial charge on any atom is -0.483 e. The van der Waals surface area contributed by atoms with Gasteiger partial charge in [0.2, 0.25) is 0 Å². The fraction of sp³-hybridized carbons (Fsp3) is 0.263. The van der Waals surface area contributed by atoms with Crippen LogP contribution in [0.2, 0.25) is 0 Å². The zero-order chi connectivity index (χ0) is 19.1. The Balaban J connectivity index is 2.08. The van der Waals surface area contributed by atoms with Crippen LogP contribution in [0.1, 0.15) is 29.8 Å². The average molecular weight is 356 g/mol. The number of amides is 1. The Morgan fingerprint density at radius 1 is 1.23 bits per heavy atom. The number of rotatable bonds is 8. The highest BCUT2D eigenvalue weighted by molar-refractivity contribution is 5.82. The lowest BCUT2D eigenvalue weighted by atomic mass is 10.2. The number of nitrogens with zero attached hydrogens (tertiary/aromatic N) is 2. The van der Waals surface area contributed by atoms with Gasteiger partial charge in [-0.05, 0) is 25.5 Å². The standard InChI is InChI=1S/C19H20N2O5/c1-14(2)20(11-15-6-4-3-5-7-15)19(23)13-26-18-9-8-17(21(24)25)10-16(18)12-22/h3-10,12,14H,11,13H2,1-2H3. The maximum Gasteiger partial charge on any atom is 0.270 e. The van der Waals surface area contributed by atoms with Gasteiger partial charge in [-0.1, -0.05) is 30.3 Å². The van der Waals surface area contributed by atoms with Crippen molar-refractivity contribution >= 4 is 17.9 Å². The topological polar surface area (TPSA) is 89.8 Å². The van der Waals surface area contributed by atoms with E-state index >= 15 is 0 Å². The van der Waals surface area contributed by atoms with Crippen LogP contribution < -0.4 is 4.74 Å². The van der Waals surface area contributed by atoms with E-state index in [1.54, 1.807) is 4.90 Å². The SMILES string of the molecule is CC(C)N(Cc1ccccc1)C(=O)COc1ccc([N+](=O)[O-])cc1C=O. The minimum absolute atomic E-state index is 0.0335. The number of hydrogen-bond donors (Lipinski definition) is 0. The molecule has 0 aliphatic heterocycles. The quantitative estimate of drug-likeness (QED) is 0.411. The molecule has 0 spiro atoms. The van der Waals surface area contributed by atoms with E-state index in [9.17, 15) is 19.7 Å². The van der Waals surface area contributed by atoms with Crippen LogP contribution in [-0.2, 0) is 11.3 Å². The summed E-state index contributed by atoms with van der Waals surface area (Å²) in [5, 5.41) is 10.8. The maximum absolute atomic E-state index is 12.5. The number of aldehydes is 1. The van der Waals surface area contributed by atoms with E-state index < -0.39 is 4.92 Å². The molecule has 0 atom stereocenters. The zero-order valence-electron chi connectivity index (χ0n) is 14.6. The summed E-state index contributed by atoms with van der Waals surface area (Å²) in [5.74, 6) is -0.0959. The van der Waals surface area contributed by atoms with Crippen LogP contribution >= 0.6 is 0 Å². The Morgan fingerprint density at radius 2 is 1.92 bits per heavy atom. The molecular weight excluding hydrogens is 336 g/mol. The Morgan fingerprint density at radius 3 is 2.50 bits per heavy atom. The van der Waals surface area contributed by atoms with Crippen molar-refractivity contribution in [3.8, 4) is 5.75 Å². The second-order valence-electron chi connectivity index (χ2n) is 5.99. The van der Waals surface area contributed by atoms with Gasteiger partial charge in [0, 0.05) is 24.7 Å². The summed E-state index contributed by atoms with van der Waals surface area (Å²) in [7, 11) is 0. The Hall–Kier alpha value is -3.22. The third-order valence-corrected chi connectivity index (χ3v) is 3.82. The largest absolute Gasteiger partial charge is 0.483 e. The Kier molecular flexibility index (Phi) is 6.43. The number of non-ortho nitro benzene ring substituents is 1. The highest BCUT2D eigenvalue weighted by Gasteiger charge is 2.19. The van der Waals surface area contributed by atoms with Gasteiger partial charge < -0.3 is 9.64 Å². The number of benzene rings is 2. The summed E-state index contributed by atoms with van der Waals surface area (Å²) in [5.41, 5.74) is 0.822. The van der Waals surface area contributed by atoms with Crippen molar-refractivity contribution < 1.29 is 19.2 Å². The van der Waals surface area contributed by atoms with E-state index in [4.69, 9.17) is 4.74 Å². The number of ether oxygens (including phenoxy) is 1. The lowest BCUT2D eigenvalue weighted by Crippen LogP contribution is -2.39. The van der Waals surface area contributed by atoms with Gasteiger partial charge in [-0.25, -0.2) is 0 Å². The molecule has 136 valence electrons. The van der Waals surface area contributed by atoms with Crippen LogP contribution in [0.3, 0.4) is 0 Å². The molecule has 0 N–H and O–H groups in total. The Bertz CT molecular complexity index is 790. The van der Waals surface area contributed by atoms with Crippen molar-refractivity contribution in [3.05, 3.63) is 69.8 Å². The lowest BCUT2D eigenvalue weighted by molar-refractivity contribution is -0.384. The molecule has 0 bridgehead atoms. The van der Waals surface area contributed by atoms with E-state index in [1.807, 2.05) is 44.2 Å². The summed E-state index contributed by atoms with van der Waals surface area (Å²) in [6.07, 6.45) is 0.469. The monoisotopic (exact) mass is 356 g/mol. The van der Waals surface area contributed by atoms with Crippen molar-refractivity contribution in [2.24, 2.45) is 0 Å². The molecule has 1 amide bonds. The van der Waals surface area contributed by atoms with Gasteiger partial charge >= 0.3 is 0 Å². The van der Waals surface area contributed by atoms with Crippen LogP contribution in [0.4, 0.5) is 5.69 Å². The molecule has 0 saturated heterocycles. The third kappa shape index (κ3) is 4.89. The van der Waals surface area contributed by atoms with Gasteiger partial charge in [0.15, 0.2) is 12.9 Å². The van der Waals surface area contributed by atoms with Crippen molar-refractivity contribution in [3.63, 3.8) is 0 Å². The summed E-state index contributed by atoms with van der Waals surface area (Å²) in [6.45, 7) is 4.00. The predicted molar refractivity (Wildman–Crippen MR) is 96.1 cm³/mol. The number of nitro benzene ring substituents is 1. The highest BCUT2D eigenvalue weighted by atomic mass is 16.6. The van der Waals surface area contributed by atoms with Crippen LogP contribution in [0.5, 0.6) is 5.75 Å². The number of carbonyl (C=O) groups excluding carboxylic acids is 2. The van der Waals surface area contributed by atoms with Crippen molar-refractivity contribution in [1.29, 1.82) is 0 Å². The van der Waals surface area contributed by atoms with Crippen molar-refractivity contribution in [1.82, 2.24) is 4.90 Å². The molecule has 26 heavy (non-hydrogen) atoms. The highest BCUT2D eigenvalue weighted by Crippen LogP contribution is 2.23. The van der Waals surface area contributed by atoms with E-state index in [-0.39, 0.29) is 35.6 Å². The molecule has 0 heterocycles. The summed E-state index contributed by atoms with van der Waals surface area (Å²) in [6, 6.07) is 13.2. The smallest absolute Gasteiger partial charge is 0.270 e. The molecular formula is C19H20N2O5. The number of carbonyl (C=O) groups is 2. The van der Waals surface area contributed by atoms with Gasteiger partial charge in [-0.15, -0.1) is 0 Å². The van der Waals surface area contributed by atoms with E-state index in [1.165, 1.54) is 12.1 Å². The molecule has 0 aliphatic carbocycles. The molecule has 0 aromatic heterocycles. The third-order valence-electron chi connectivity index (χ3n) is 3.82. The molecule has 2 aromatic carbocycles. The van der Waals surface area contributed by atoms with Crippen molar-refractivity contribution in [2.75, 3.05) is 6.61 Å². The number of nitro groups is 1. The minimum atomic E-state index is -0.595. The second kappa shape index (κ2) is 8.75. The fourth-order valence-electron chi connectivity index (χ4n) is 2.43. The van der Waals surface area contributed by atoms with E-state index in [0.717, 1.165) is 11.6 Å². The van der Waals surface area contributed by atoms with Crippen LogP contribution in [0.15, 0.2) is 48.5 Å². The molecule has 0 fully saturated rings. The zero-order valence-corrected chi connectivity index (χ0v) is 14.6. The van der Waals surface area contributed by atoms with Gasteiger partial charge in [-0.3, -0.25) is 19.7 Å². The first-order valence-electron chi connectivity index (χ1n) is 8.12. The molecule has 0 radical (unpaired) electrons. The lowest BCUT2D eigenvalue weighted by Gasteiger charge is -2.27. The molecule has 2 rings (SSSR count). The van der Waals surface area contributed by atoms with E-state index in [2.05, 4.69) is 0 Å². The predicted octanol–water partition coefficient (Wildman–Crippen LogP) is 3.22. The summed E-state index contributed by atoms with van der Waals surface area (Å²) >= 11 is 0. The average Bonchev–Trinajstić information content (AvgIpc) is 2.64. The first-order chi connectivity index (χ1) is 12.4. The van der Waals surface area contributed by atoms with Gasteiger partial charge in [0.05, 0.1) is 10.5 Å².